The van der Waals surface area contributed by atoms with Gasteiger partial charge in [0.1, 0.15) is 4.90 Å². The van der Waals surface area contributed by atoms with E-state index in [1.165, 1.54) is 18.2 Å². The molecule has 0 spiro atoms. The van der Waals surface area contributed by atoms with E-state index in [9.17, 15) is 23.6 Å². The number of hydrogen-bond acceptors (Lipinski definition) is 8. The smallest absolute Gasteiger partial charge is 0.378 e. The standard InChI is InChI=1S/C16H8N6O6S/c17-19-12-6-5-10-11(16(12)23)2-1-3-15(10)29(26,27)28-14-7-4-9(20-21-18)8-13(14)22(24)25/h1-8H. The van der Waals surface area contributed by atoms with Crippen LogP contribution in [0.2, 0.25) is 0 Å². The topological polar surface area (TPSA) is 186 Å². The van der Waals surface area contributed by atoms with Crippen molar-refractivity contribution >= 4 is 38.0 Å². The lowest BCUT2D eigenvalue weighted by atomic mass is 10.1. The summed E-state index contributed by atoms with van der Waals surface area (Å²) in [6, 6.07) is 9.13. The number of fused-ring (bicyclic) bond motifs is 1. The van der Waals surface area contributed by atoms with Crippen molar-refractivity contribution in [1.29, 1.82) is 5.39 Å². The lowest BCUT2D eigenvalue weighted by Crippen LogP contribution is -2.11. The van der Waals surface area contributed by atoms with Gasteiger partial charge in [-0.05, 0) is 40.9 Å². The van der Waals surface area contributed by atoms with Gasteiger partial charge in [0.2, 0.25) is 11.1 Å². The summed E-state index contributed by atoms with van der Waals surface area (Å²) >= 11 is 0. The van der Waals surface area contributed by atoms with Gasteiger partial charge in [0, 0.05) is 28.1 Å². The highest BCUT2D eigenvalue weighted by atomic mass is 32.2. The average molecular weight is 412 g/mol. The van der Waals surface area contributed by atoms with Gasteiger partial charge in [0.25, 0.3) is 0 Å². The van der Waals surface area contributed by atoms with Crippen molar-refractivity contribution in [3.8, 4) is 11.5 Å². The number of rotatable bonds is 5. The van der Waals surface area contributed by atoms with Crippen molar-refractivity contribution in [2.45, 2.75) is 4.90 Å². The lowest BCUT2D eigenvalue weighted by molar-refractivity contribution is -0.385. The molecule has 3 rings (SSSR count). The summed E-state index contributed by atoms with van der Waals surface area (Å²) in [5, 5.41) is 35.5. The molecule has 0 atom stereocenters. The Bertz CT molecular complexity index is 1360. The van der Waals surface area contributed by atoms with E-state index in [4.69, 9.17) is 15.1 Å². The number of hydrogen-bond donors (Lipinski definition) is 0. The average Bonchev–Trinajstić information content (AvgIpc) is 2.69. The first-order valence-corrected chi connectivity index (χ1v) is 9.05. The normalized spacial score (nSPS) is 10.7. The second kappa shape index (κ2) is 7.31. The van der Waals surface area contributed by atoms with Crippen LogP contribution in [0, 0.1) is 15.5 Å². The Balaban J connectivity index is 2.14. The fourth-order valence-corrected chi connectivity index (χ4v) is 3.74. The molecule has 13 heteroatoms. The van der Waals surface area contributed by atoms with E-state index in [2.05, 4.69) is 15.0 Å². The quantitative estimate of drug-likeness (QED) is 0.115. The summed E-state index contributed by atoms with van der Waals surface area (Å²) in [5.41, 5.74) is 7.31. The molecule has 12 nitrogen and oxygen atoms in total. The Morgan fingerprint density at radius 1 is 1.14 bits per heavy atom. The van der Waals surface area contributed by atoms with Crippen LogP contribution in [0.1, 0.15) is 0 Å². The molecule has 0 unspecified atom stereocenters. The molecule has 29 heavy (non-hydrogen) atoms. The number of nitro groups is 1. The zero-order chi connectivity index (χ0) is 21.2. The minimum Gasteiger partial charge on any atom is -0.867 e. The van der Waals surface area contributed by atoms with E-state index in [0.717, 1.165) is 30.3 Å². The van der Waals surface area contributed by atoms with Gasteiger partial charge in [0.05, 0.1) is 4.92 Å². The maximum absolute atomic E-state index is 12.8. The van der Waals surface area contributed by atoms with Crippen molar-refractivity contribution in [2.24, 2.45) is 5.11 Å². The largest absolute Gasteiger partial charge is 0.867 e. The molecule has 0 aliphatic carbocycles. The van der Waals surface area contributed by atoms with Gasteiger partial charge in [-0.15, -0.1) is 0 Å². The molecule has 0 heterocycles. The van der Waals surface area contributed by atoms with E-state index >= 15 is 0 Å². The molecule has 3 aromatic rings. The van der Waals surface area contributed by atoms with Gasteiger partial charge in [-0.3, -0.25) is 10.1 Å². The Morgan fingerprint density at radius 3 is 2.55 bits per heavy atom. The molecule has 0 N–H and O–H groups in total. The maximum Gasteiger partial charge on any atom is 0.378 e. The SMILES string of the molecule is N#[N+]c1ccc2c(S(=O)(=O)Oc3ccc(N=[N+]=[N-])cc3[N+](=O)[O-])cccc2c1[O-]. The van der Waals surface area contributed by atoms with Crippen molar-refractivity contribution in [3.63, 3.8) is 0 Å². The molecule has 144 valence electrons. The van der Waals surface area contributed by atoms with Crippen LogP contribution in [-0.2, 0) is 10.1 Å². The van der Waals surface area contributed by atoms with Crippen LogP contribution in [0.25, 0.3) is 26.2 Å². The molecule has 0 amide bonds. The second-order valence-electron chi connectivity index (χ2n) is 5.50. The highest BCUT2D eigenvalue weighted by Gasteiger charge is 2.26. The summed E-state index contributed by atoms with van der Waals surface area (Å²) < 4.78 is 30.5. The van der Waals surface area contributed by atoms with Crippen LogP contribution < -0.4 is 9.29 Å². The molecule has 0 fully saturated rings. The second-order valence-corrected chi connectivity index (χ2v) is 7.02. The summed E-state index contributed by atoms with van der Waals surface area (Å²) in [6.45, 7) is 0. The molecule has 0 aromatic heterocycles. The van der Waals surface area contributed by atoms with Crippen LogP contribution in [0.5, 0.6) is 11.5 Å². The predicted octanol–water partition coefficient (Wildman–Crippen LogP) is 4.02. The first-order chi connectivity index (χ1) is 13.8. The molecule has 0 saturated carbocycles. The van der Waals surface area contributed by atoms with Crippen molar-refractivity contribution in [2.75, 3.05) is 0 Å². The van der Waals surface area contributed by atoms with Crippen LogP contribution >= 0.6 is 0 Å². The minimum atomic E-state index is -4.60. The van der Waals surface area contributed by atoms with Crippen LogP contribution in [0.4, 0.5) is 17.1 Å². The summed E-state index contributed by atoms with van der Waals surface area (Å²) in [4.78, 5) is 15.3. The van der Waals surface area contributed by atoms with Crippen molar-refractivity contribution in [3.05, 3.63) is 74.1 Å². The Morgan fingerprint density at radius 2 is 1.90 bits per heavy atom. The van der Waals surface area contributed by atoms with Gasteiger partial charge < -0.3 is 9.29 Å². The molecule has 3 aromatic carbocycles. The molecular formula is C16H8N6O6S. The number of nitrogens with zero attached hydrogens (tertiary/aromatic N) is 6. The zero-order valence-electron chi connectivity index (χ0n) is 14.2. The first-order valence-electron chi connectivity index (χ1n) is 7.64. The number of benzene rings is 3. The third kappa shape index (κ3) is 3.56. The monoisotopic (exact) mass is 412 g/mol. The van der Waals surface area contributed by atoms with Crippen LogP contribution in [-0.4, -0.2) is 13.3 Å². The van der Waals surface area contributed by atoms with Crippen LogP contribution in [0.15, 0.2) is 58.5 Å². The van der Waals surface area contributed by atoms with Gasteiger partial charge in [-0.2, -0.15) is 8.42 Å². The number of diazo groups is 1. The van der Waals surface area contributed by atoms with Crippen molar-refractivity contribution < 1.29 is 22.6 Å². The fraction of sp³-hybridized carbons (Fsp3) is 0. The van der Waals surface area contributed by atoms with Gasteiger partial charge in [-0.25, -0.2) is 0 Å². The van der Waals surface area contributed by atoms with E-state index in [1.807, 2.05) is 0 Å². The molecule has 0 radical (unpaired) electrons. The molecule has 0 bridgehead atoms. The predicted molar refractivity (Wildman–Crippen MR) is 97.9 cm³/mol. The Labute approximate surface area is 162 Å². The third-order valence-electron chi connectivity index (χ3n) is 3.83. The summed E-state index contributed by atoms with van der Waals surface area (Å²) in [5.74, 6) is -1.31. The highest BCUT2D eigenvalue weighted by molar-refractivity contribution is 7.87. The molecule has 0 saturated heterocycles. The van der Waals surface area contributed by atoms with Gasteiger partial charge >= 0.3 is 21.5 Å². The molecule has 0 aliphatic heterocycles. The number of nitro benzene ring substituents is 1. The third-order valence-corrected chi connectivity index (χ3v) is 5.12. The summed E-state index contributed by atoms with van der Waals surface area (Å²) in [7, 11) is -4.60. The lowest BCUT2D eigenvalue weighted by Gasteiger charge is -2.12. The highest BCUT2D eigenvalue weighted by Crippen LogP contribution is 2.37. The Kier molecular flexibility index (Phi) is 4.88. The molecular weight excluding hydrogens is 404 g/mol. The van der Waals surface area contributed by atoms with E-state index in [1.54, 1.807) is 0 Å². The maximum atomic E-state index is 12.8. The zero-order valence-corrected chi connectivity index (χ0v) is 15.0. The number of azide groups is 1. The van der Waals surface area contributed by atoms with Crippen molar-refractivity contribution in [1.82, 2.24) is 0 Å². The van der Waals surface area contributed by atoms with Crippen LogP contribution in [0.3, 0.4) is 0 Å². The van der Waals surface area contributed by atoms with Gasteiger partial charge in [-0.1, -0.05) is 17.2 Å². The van der Waals surface area contributed by atoms with E-state index in [-0.39, 0.29) is 22.1 Å². The fourth-order valence-electron chi connectivity index (χ4n) is 2.58. The van der Waals surface area contributed by atoms with Gasteiger partial charge in [0.15, 0.2) is 4.98 Å². The minimum absolute atomic E-state index is 0.0155. The van der Waals surface area contributed by atoms with E-state index < -0.39 is 37.1 Å². The summed E-state index contributed by atoms with van der Waals surface area (Å²) in [6.07, 6.45) is 0. The van der Waals surface area contributed by atoms with E-state index in [0.29, 0.717) is 0 Å². The first kappa shape index (κ1) is 19.4. The molecule has 0 aliphatic rings. The Hall–Kier alpha value is -4.40.